The Bertz CT molecular complexity index is 349. The van der Waals surface area contributed by atoms with Crippen molar-refractivity contribution in [1.82, 2.24) is 0 Å². The zero-order chi connectivity index (χ0) is 12.8. The van der Waals surface area contributed by atoms with Gasteiger partial charge in [-0.15, -0.1) is 11.6 Å². The van der Waals surface area contributed by atoms with Gasteiger partial charge >= 0.3 is 0 Å². The van der Waals surface area contributed by atoms with Crippen LogP contribution >= 0.6 is 11.6 Å². The molecule has 100 valence electrons. The van der Waals surface area contributed by atoms with Crippen molar-refractivity contribution in [2.45, 2.75) is 43.4 Å². The van der Waals surface area contributed by atoms with Crippen LogP contribution in [0.1, 0.15) is 37.2 Å². The van der Waals surface area contributed by atoms with Gasteiger partial charge in [-0.1, -0.05) is 36.9 Å². The lowest BCUT2D eigenvalue weighted by molar-refractivity contribution is -0.0281. The molecule has 2 rings (SSSR count). The van der Waals surface area contributed by atoms with Gasteiger partial charge in [0.2, 0.25) is 0 Å². The third-order valence-electron chi connectivity index (χ3n) is 4.15. The molecule has 1 nitrogen and oxygen atoms in total. The van der Waals surface area contributed by atoms with E-state index in [2.05, 4.69) is 36.9 Å². The molecule has 1 saturated heterocycles. The van der Waals surface area contributed by atoms with Gasteiger partial charge in [0.1, 0.15) is 0 Å². The van der Waals surface area contributed by atoms with E-state index in [0.717, 1.165) is 13.0 Å². The summed E-state index contributed by atoms with van der Waals surface area (Å²) in [6, 6.07) is 10.7. The lowest BCUT2D eigenvalue weighted by atomic mass is 9.91. The molecule has 0 aromatic heterocycles. The zero-order valence-corrected chi connectivity index (χ0v) is 13.4. The Hall–Kier alpha value is -0.313. The number of benzene rings is 1. The van der Waals surface area contributed by atoms with Gasteiger partial charge < -0.3 is 4.74 Å². The number of halogens is 1. The Morgan fingerprint density at radius 3 is 2.67 bits per heavy atom. The molecule has 0 radical (unpaired) electrons. The van der Waals surface area contributed by atoms with Crippen LogP contribution in [0.3, 0.4) is 0 Å². The van der Waals surface area contributed by atoms with E-state index >= 15 is 0 Å². The van der Waals surface area contributed by atoms with E-state index in [-0.39, 0.29) is 14.7 Å². The lowest BCUT2D eigenvalue weighted by Gasteiger charge is -2.39. The van der Waals surface area contributed by atoms with Crippen molar-refractivity contribution in [3.05, 3.63) is 35.9 Å². The highest BCUT2D eigenvalue weighted by Gasteiger charge is 2.34. The first-order valence-corrected chi connectivity index (χ1v) is 9.70. The highest BCUT2D eigenvalue weighted by molar-refractivity contribution is 6.37. The molecule has 0 amide bonds. The second-order valence-corrected chi connectivity index (χ2v) is 7.61. The third-order valence-corrected chi connectivity index (χ3v) is 6.66. The fourth-order valence-electron chi connectivity index (χ4n) is 2.93. The Kier molecular flexibility index (Phi) is 5.28. The van der Waals surface area contributed by atoms with E-state index in [1.165, 1.54) is 24.8 Å². The van der Waals surface area contributed by atoms with Crippen LogP contribution in [0.4, 0.5) is 0 Å². The van der Waals surface area contributed by atoms with Gasteiger partial charge in [0.15, 0.2) is 0 Å². The first-order chi connectivity index (χ1) is 8.79. The SMILES string of the molecule is C[SiH2]C1(CC(CCl)c2ccccc2)CCCCO1. The van der Waals surface area contributed by atoms with E-state index < -0.39 is 0 Å². The summed E-state index contributed by atoms with van der Waals surface area (Å²) < 4.78 is 6.17. The predicted molar refractivity (Wildman–Crippen MR) is 81.5 cm³/mol. The van der Waals surface area contributed by atoms with Crippen molar-refractivity contribution in [3.8, 4) is 0 Å². The van der Waals surface area contributed by atoms with E-state index in [0.29, 0.717) is 11.8 Å². The molecular weight excluding hydrogens is 260 g/mol. The molecule has 2 unspecified atom stereocenters. The Balaban J connectivity index is 2.09. The van der Waals surface area contributed by atoms with Crippen LogP contribution in [0.15, 0.2) is 30.3 Å². The van der Waals surface area contributed by atoms with Gasteiger partial charge in [0.05, 0.1) is 14.7 Å². The third kappa shape index (κ3) is 3.37. The molecule has 1 heterocycles. The highest BCUT2D eigenvalue weighted by Crippen LogP contribution is 2.35. The second-order valence-electron chi connectivity index (χ2n) is 5.31. The molecule has 18 heavy (non-hydrogen) atoms. The maximum absolute atomic E-state index is 6.20. The van der Waals surface area contributed by atoms with Gasteiger partial charge in [0.25, 0.3) is 0 Å². The molecule has 0 N–H and O–H groups in total. The smallest absolute Gasteiger partial charge is 0.0564 e. The molecular formula is C15H23ClOSi. The van der Waals surface area contributed by atoms with E-state index in [1.54, 1.807) is 0 Å². The van der Waals surface area contributed by atoms with Crippen LogP contribution in [0, 0.1) is 0 Å². The minimum absolute atomic E-state index is 0.177. The van der Waals surface area contributed by atoms with E-state index in [9.17, 15) is 0 Å². The van der Waals surface area contributed by atoms with Crippen LogP contribution in [-0.4, -0.2) is 27.2 Å². The summed E-state index contributed by atoms with van der Waals surface area (Å²) in [5.41, 5.74) is 1.36. The van der Waals surface area contributed by atoms with Crippen molar-refractivity contribution in [1.29, 1.82) is 0 Å². The molecule has 2 atom stereocenters. The first kappa shape index (κ1) is 14.1. The fourth-order valence-corrected chi connectivity index (χ4v) is 4.81. The molecule has 1 aromatic carbocycles. The molecule has 1 fully saturated rings. The van der Waals surface area contributed by atoms with Gasteiger partial charge in [-0.05, 0) is 37.2 Å². The van der Waals surface area contributed by atoms with Gasteiger partial charge in [-0.3, -0.25) is 0 Å². The predicted octanol–water partition coefficient (Wildman–Crippen LogP) is 3.51. The van der Waals surface area contributed by atoms with Crippen LogP contribution in [0.25, 0.3) is 0 Å². The number of alkyl halides is 1. The number of hydrogen-bond donors (Lipinski definition) is 0. The number of rotatable bonds is 5. The summed E-state index contributed by atoms with van der Waals surface area (Å²) in [5.74, 6) is 1.14. The summed E-state index contributed by atoms with van der Waals surface area (Å²) in [5, 5.41) is 0.202. The van der Waals surface area contributed by atoms with Crippen molar-refractivity contribution >= 4 is 21.1 Å². The molecule has 0 spiro atoms. The summed E-state index contributed by atoms with van der Waals surface area (Å²) in [6.07, 6.45) is 4.91. The van der Waals surface area contributed by atoms with Gasteiger partial charge in [-0.2, -0.15) is 0 Å². The average Bonchev–Trinajstić information content (AvgIpc) is 2.47. The maximum Gasteiger partial charge on any atom is 0.0564 e. The minimum atomic E-state index is -0.177. The summed E-state index contributed by atoms with van der Waals surface area (Å²) in [6.45, 7) is 3.33. The number of ether oxygens (including phenoxy) is 1. The lowest BCUT2D eigenvalue weighted by Crippen LogP contribution is -2.42. The van der Waals surface area contributed by atoms with Crippen LogP contribution < -0.4 is 0 Å². The molecule has 3 heteroatoms. The standard InChI is InChI=1S/C15H23ClOSi/c1-18-15(9-5-6-10-17-15)11-14(12-16)13-7-3-2-4-8-13/h2-4,7-8,14H,5-6,9-12,18H2,1H3. The average molecular weight is 283 g/mol. The van der Waals surface area contributed by atoms with Crippen LogP contribution in [0.5, 0.6) is 0 Å². The fraction of sp³-hybridized carbons (Fsp3) is 0.600. The molecule has 1 aliphatic heterocycles. The summed E-state index contributed by atoms with van der Waals surface area (Å²) in [4.78, 5) is 0. The van der Waals surface area contributed by atoms with Crippen molar-refractivity contribution in [2.75, 3.05) is 12.5 Å². The normalized spacial score (nSPS) is 26.6. The topological polar surface area (TPSA) is 9.23 Å². The second kappa shape index (κ2) is 6.74. The molecule has 0 saturated carbocycles. The first-order valence-electron chi connectivity index (χ1n) is 7.04. The molecule has 0 bridgehead atoms. The Morgan fingerprint density at radius 1 is 1.33 bits per heavy atom. The number of hydrogen-bond acceptors (Lipinski definition) is 1. The van der Waals surface area contributed by atoms with Crippen LogP contribution in [0.2, 0.25) is 6.55 Å². The highest BCUT2D eigenvalue weighted by atomic mass is 35.5. The van der Waals surface area contributed by atoms with Crippen molar-refractivity contribution < 1.29 is 4.74 Å². The van der Waals surface area contributed by atoms with E-state index in [1.807, 2.05) is 0 Å². The van der Waals surface area contributed by atoms with Gasteiger partial charge in [-0.25, -0.2) is 0 Å². The minimum Gasteiger partial charge on any atom is -0.379 e. The van der Waals surface area contributed by atoms with E-state index in [4.69, 9.17) is 16.3 Å². The van der Waals surface area contributed by atoms with Crippen molar-refractivity contribution in [3.63, 3.8) is 0 Å². The van der Waals surface area contributed by atoms with Gasteiger partial charge in [0, 0.05) is 12.5 Å². The Labute approximate surface area is 118 Å². The largest absolute Gasteiger partial charge is 0.379 e. The van der Waals surface area contributed by atoms with Crippen LogP contribution in [-0.2, 0) is 4.74 Å². The Morgan fingerprint density at radius 2 is 2.11 bits per heavy atom. The summed E-state index contributed by atoms with van der Waals surface area (Å²) in [7, 11) is -0.177. The molecule has 1 aromatic rings. The van der Waals surface area contributed by atoms with Crippen molar-refractivity contribution in [2.24, 2.45) is 0 Å². The monoisotopic (exact) mass is 282 g/mol. The molecule has 0 aliphatic carbocycles. The zero-order valence-electron chi connectivity index (χ0n) is 11.2. The quantitative estimate of drug-likeness (QED) is 0.593. The molecule has 1 aliphatic rings. The summed E-state index contributed by atoms with van der Waals surface area (Å²) >= 11 is 6.20. The maximum atomic E-state index is 6.20.